The fourth-order valence-electron chi connectivity index (χ4n) is 3.25. The number of Topliss-reactive ketones (excluding diaryl/α,β-unsaturated/α-hetero) is 1. The quantitative estimate of drug-likeness (QED) is 0.333. The van der Waals surface area contributed by atoms with Gasteiger partial charge < -0.3 is 9.47 Å². The Kier molecular flexibility index (Phi) is 6.10. The minimum absolute atomic E-state index is 0.00339. The zero-order valence-corrected chi connectivity index (χ0v) is 13.2. The van der Waals surface area contributed by atoms with E-state index in [1.807, 2.05) is 0 Å². The number of nitrogens with zero attached hydrogens (tertiary/aromatic N) is 3. The lowest BCUT2D eigenvalue weighted by Gasteiger charge is -2.23. The van der Waals surface area contributed by atoms with Crippen LogP contribution in [0.5, 0.6) is 0 Å². The number of hydrogen-bond donors (Lipinski definition) is 0. The summed E-state index contributed by atoms with van der Waals surface area (Å²) < 4.78 is 23.3. The highest BCUT2D eigenvalue weighted by atomic mass is 19.1. The molecule has 0 aromatic heterocycles. The topological polar surface area (TPSA) is 84.3 Å². The summed E-state index contributed by atoms with van der Waals surface area (Å²) in [6.45, 7) is 0. The fourth-order valence-corrected chi connectivity index (χ4v) is 3.25. The molecule has 0 saturated heterocycles. The minimum atomic E-state index is -0.588. The Labute approximate surface area is 134 Å². The molecule has 0 N–H and O–H groups in total. The molecule has 1 aliphatic rings. The van der Waals surface area contributed by atoms with Crippen LogP contribution < -0.4 is 0 Å². The van der Waals surface area contributed by atoms with E-state index in [0.29, 0.717) is 12.8 Å². The minimum Gasteiger partial charge on any atom is -0.355 e. The number of benzene rings is 1. The van der Waals surface area contributed by atoms with Crippen molar-refractivity contribution in [3.05, 3.63) is 46.1 Å². The van der Waals surface area contributed by atoms with Crippen LogP contribution in [0.25, 0.3) is 10.4 Å². The van der Waals surface area contributed by atoms with Crippen LogP contribution in [0.15, 0.2) is 29.4 Å². The first kappa shape index (κ1) is 17.4. The van der Waals surface area contributed by atoms with Crippen molar-refractivity contribution in [1.82, 2.24) is 0 Å². The van der Waals surface area contributed by atoms with Gasteiger partial charge in [-0.25, -0.2) is 4.39 Å². The molecule has 0 heterocycles. The van der Waals surface area contributed by atoms with Gasteiger partial charge in [0, 0.05) is 37.0 Å². The van der Waals surface area contributed by atoms with Gasteiger partial charge in [0.15, 0.2) is 6.29 Å². The average Bonchev–Trinajstić information content (AvgIpc) is 2.97. The maximum Gasteiger partial charge on any atom is 0.163 e. The summed E-state index contributed by atoms with van der Waals surface area (Å²) in [5, 5.41) is 3.83. The van der Waals surface area contributed by atoms with Crippen LogP contribution in [0, 0.1) is 11.7 Å². The molecule has 1 aromatic carbocycles. The van der Waals surface area contributed by atoms with Gasteiger partial charge in [-0.1, -0.05) is 17.2 Å². The van der Waals surface area contributed by atoms with E-state index < -0.39 is 6.29 Å². The molecule has 2 rings (SSSR count). The smallest absolute Gasteiger partial charge is 0.163 e. The molecule has 3 atom stereocenters. The van der Waals surface area contributed by atoms with E-state index in [-0.39, 0.29) is 35.9 Å². The van der Waals surface area contributed by atoms with E-state index in [9.17, 15) is 9.18 Å². The standard InChI is InChI=1S/C16H20FN3O3/c1-22-15(23-2)9-14(21)12-7-8-13(19-20-18)16(12)10-3-5-11(17)6-4-10/h3-6,12-13,15-16H,7-9H2,1-2H3. The normalized spacial score (nSPS) is 23.7. The van der Waals surface area contributed by atoms with Crippen molar-refractivity contribution in [2.24, 2.45) is 11.0 Å². The van der Waals surface area contributed by atoms with Crippen LogP contribution in [0.2, 0.25) is 0 Å². The van der Waals surface area contributed by atoms with Gasteiger partial charge in [0.25, 0.3) is 0 Å². The van der Waals surface area contributed by atoms with Crippen molar-refractivity contribution in [2.45, 2.75) is 37.5 Å². The van der Waals surface area contributed by atoms with Crippen molar-refractivity contribution in [1.29, 1.82) is 0 Å². The predicted octanol–water partition coefficient (Wildman–Crippen LogP) is 3.58. The fraction of sp³-hybridized carbons (Fsp3) is 0.562. The van der Waals surface area contributed by atoms with Crippen LogP contribution in [0.1, 0.15) is 30.7 Å². The first-order valence-corrected chi connectivity index (χ1v) is 7.48. The third-order valence-electron chi connectivity index (χ3n) is 4.38. The summed E-state index contributed by atoms with van der Waals surface area (Å²) in [6.07, 6.45) is 0.811. The van der Waals surface area contributed by atoms with Crippen LogP contribution in [0.4, 0.5) is 4.39 Å². The number of carbonyl (C=O) groups excluding carboxylic acids is 1. The second-order valence-corrected chi connectivity index (χ2v) is 5.60. The van der Waals surface area contributed by atoms with E-state index in [1.54, 1.807) is 12.1 Å². The van der Waals surface area contributed by atoms with Crippen molar-refractivity contribution < 1.29 is 18.7 Å². The number of halogens is 1. The maximum atomic E-state index is 13.2. The molecule has 6 nitrogen and oxygen atoms in total. The Bertz CT molecular complexity index is 583. The molecule has 23 heavy (non-hydrogen) atoms. The number of ketones is 1. The Morgan fingerprint density at radius 1 is 1.35 bits per heavy atom. The van der Waals surface area contributed by atoms with Gasteiger partial charge in [0.2, 0.25) is 0 Å². The number of hydrogen-bond acceptors (Lipinski definition) is 4. The number of rotatable bonds is 7. The monoisotopic (exact) mass is 321 g/mol. The lowest BCUT2D eigenvalue weighted by Crippen LogP contribution is -2.27. The van der Waals surface area contributed by atoms with Gasteiger partial charge >= 0.3 is 0 Å². The van der Waals surface area contributed by atoms with Crippen LogP contribution >= 0.6 is 0 Å². The number of azide groups is 1. The van der Waals surface area contributed by atoms with E-state index in [4.69, 9.17) is 15.0 Å². The van der Waals surface area contributed by atoms with Gasteiger partial charge in [0.1, 0.15) is 11.6 Å². The number of ether oxygens (including phenoxy) is 2. The summed E-state index contributed by atoms with van der Waals surface area (Å²) in [5.74, 6) is -0.866. The molecule has 124 valence electrons. The molecule has 0 aliphatic heterocycles. The van der Waals surface area contributed by atoms with Gasteiger partial charge in [0.05, 0.1) is 6.42 Å². The van der Waals surface area contributed by atoms with Crippen molar-refractivity contribution in [3.63, 3.8) is 0 Å². The first-order valence-electron chi connectivity index (χ1n) is 7.48. The molecule has 0 spiro atoms. The third-order valence-corrected chi connectivity index (χ3v) is 4.38. The molecule has 1 fully saturated rings. The van der Waals surface area contributed by atoms with Crippen LogP contribution in [-0.2, 0) is 14.3 Å². The number of carbonyl (C=O) groups is 1. The van der Waals surface area contributed by atoms with E-state index >= 15 is 0 Å². The second-order valence-electron chi connectivity index (χ2n) is 5.60. The van der Waals surface area contributed by atoms with Gasteiger partial charge in [-0.15, -0.1) is 0 Å². The van der Waals surface area contributed by atoms with Crippen molar-refractivity contribution >= 4 is 5.78 Å². The number of methoxy groups -OCH3 is 2. The Balaban J connectivity index is 2.25. The van der Waals surface area contributed by atoms with E-state index in [0.717, 1.165) is 5.56 Å². The molecular weight excluding hydrogens is 301 g/mol. The molecule has 0 radical (unpaired) electrons. The second kappa shape index (κ2) is 8.06. The molecule has 1 aromatic rings. The van der Waals surface area contributed by atoms with Crippen molar-refractivity contribution in [3.8, 4) is 0 Å². The summed E-state index contributed by atoms with van der Waals surface area (Å²) in [4.78, 5) is 15.5. The highest BCUT2D eigenvalue weighted by Crippen LogP contribution is 2.43. The average molecular weight is 321 g/mol. The van der Waals surface area contributed by atoms with Crippen molar-refractivity contribution in [2.75, 3.05) is 14.2 Å². The van der Waals surface area contributed by atoms with Gasteiger partial charge in [-0.3, -0.25) is 4.79 Å². The summed E-state index contributed by atoms with van der Waals surface area (Å²) >= 11 is 0. The molecule has 0 bridgehead atoms. The molecule has 0 amide bonds. The maximum absolute atomic E-state index is 13.2. The largest absolute Gasteiger partial charge is 0.355 e. The Morgan fingerprint density at radius 3 is 2.57 bits per heavy atom. The van der Waals surface area contributed by atoms with Crippen LogP contribution in [0.3, 0.4) is 0 Å². The first-order chi connectivity index (χ1) is 11.1. The lowest BCUT2D eigenvalue weighted by atomic mass is 9.83. The Hall–Kier alpha value is -1.95. The molecule has 1 aliphatic carbocycles. The zero-order valence-electron chi connectivity index (χ0n) is 13.2. The highest BCUT2D eigenvalue weighted by Gasteiger charge is 2.41. The third kappa shape index (κ3) is 4.07. The Morgan fingerprint density at radius 2 is 2.00 bits per heavy atom. The summed E-state index contributed by atoms with van der Waals surface area (Å²) in [6, 6.07) is 5.71. The predicted molar refractivity (Wildman–Crippen MR) is 82.2 cm³/mol. The summed E-state index contributed by atoms with van der Waals surface area (Å²) in [7, 11) is 2.96. The lowest BCUT2D eigenvalue weighted by molar-refractivity contribution is -0.141. The molecule has 1 saturated carbocycles. The van der Waals surface area contributed by atoms with E-state index in [2.05, 4.69) is 10.0 Å². The SMILES string of the molecule is COC(CC(=O)C1CCC(N=[N+]=[N-])C1c1ccc(F)cc1)OC. The van der Waals surface area contributed by atoms with Crippen LogP contribution in [-0.4, -0.2) is 32.3 Å². The van der Waals surface area contributed by atoms with Gasteiger partial charge in [-0.2, -0.15) is 0 Å². The van der Waals surface area contributed by atoms with Gasteiger partial charge in [-0.05, 0) is 36.1 Å². The molecular formula is C16H20FN3O3. The molecule has 3 unspecified atom stereocenters. The molecule has 7 heteroatoms. The highest BCUT2D eigenvalue weighted by molar-refractivity contribution is 5.83. The summed E-state index contributed by atoms with van der Waals surface area (Å²) in [5.41, 5.74) is 9.57. The van der Waals surface area contributed by atoms with E-state index in [1.165, 1.54) is 26.4 Å². The zero-order chi connectivity index (χ0) is 16.8.